The molecule has 3 rings (SSSR count). The van der Waals surface area contributed by atoms with Crippen molar-refractivity contribution < 1.29 is 9.32 Å². The zero-order valence-corrected chi connectivity index (χ0v) is 12.1. The third-order valence-corrected chi connectivity index (χ3v) is 3.51. The van der Waals surface area contributed by atoms with E-state index in [1.807, 2.05) is 0 Å². The van der Waals surface area contributed by atoms with E-state index in [1.165, 1.54) is 0 Å². The SMILES string of the molecule is Cc1nc(Cl)ccc1NC(=O)c1noc(C2CCCN2)n1. The predicted octanol–water partition coefficient (Wildman–Crippen LogP) is 2.10. The first kappa shape index (κ1) is 14.0. The van der Waals surface area contributed by atoms with Gasteiger partial charge in [0, 0.05) is 0 Å². The first-order chi connectivity index (χ1) is 10.1. The second kappa shape index (κ2) is 5.79. The van der Waals surface area contributed by atoms with Gasteiger partial charge in [-0.2, -0.15) is 4.98 Å². The number of anilines is 1. The Morgan fingerprint density at radius 2 is 2.33 bits per heavy atom. The van der Waals surface area contributed by atoms with Crippen LogP contribution in [0.4, 0.5) is 5.69 Å². The fraction of sp³-hybridized carbons (Fsp3) is 0.385. The summed E-state index contributed by atoms with van der Waals surface area (Å²) in [6.07, 6.45) is 1.99. The molecule has 1 fully saturated rings. The minimum atomic E-state index is -0.435. The van der Waals surface area contributed by atoms with Crippen molar-refractivity contribution in [3.63, 3.8) is 0 Å². The van der Waals surface area contributed by atoms with Crippen LogP contribution in [0.15, 0.2) is 16.7 Å². The lowest BCUT2D eigenvalue weighted by atomic mass is 10.2. The summed E-state index contributed by atoms with van der Waals surface area (Å²) in [5.74, 6) is 0.0203. The lowest BCUT2D eigenvalue weighted by Crippen LogP contribution is -2.16. The molecule has 0 aliphatic carbocycles. The zero-order chi connectivity index (χ0) is 14.8. The van der Waals surface area contributed by atoms with Gasteiger partial charge in [-0.3, -0.25) is 4.79 Å². The van der Waals surface area contributed by atoms with Crippen LogP contribution < -0.4 is 10.6 Å². The highest BCUT2D eigenvalue weighted by atomic mass is 35.5. The van der Waals surface area contributed by atoms with Gasteiger partial charge in [-0.05, 0) is 38.4 Å². The minimum absolute atomic E-state index is 0.00745. The Balaban J connectivity index is 1.73. The lowest BCUT2D eigenvalue weighted by Gasteiger charge is -2.05. The van der Waals surface area contributed by atoms with Crippen molar-refractivity contribution in [1.82, 2.24) is 20.4 Å². The molecule has 0 spiro atoms. The van der Waals surface area contributed by atoms with Gasteiger partial charge in [-0.25, -0.2) is 4.98 Å². The first-order valence-corrected chi connectivity index (χ1v) is 7.03. The van der Waals surface area contributed by atoms with E-state index in [0.717, 1.165) is 19.4 Å². The van der Waals surface area contributed by atoms with Crippen LogP contribution in [-0.4, -0.2) is 27.6 Å². The zero-order valence-electron chi connectivity index (χ0n) is 11.4. The maximum absolute atomic E-state index is 12.1. The second-order valence-electron chi connectivity index (χ2n) is 4.83. The summed E-state index contributed by atoms with van der Waals surface area (Å²) in [7, 11) is 0. The van der Waals surface area contributed by atoms with Crippen LogP contribution in [0.1, 0.15) is 41.1 Å². The molecule has 1 saturated heterocycles. The summed E-state index contributed by atoms with van der Waals surface area (Å²) in [5, 5.41) is 10.0. The van der Waals surface area contributed by atoms with Crippen LogP contribution in [0.5, 0.6) is 0 Å². The van der Waals surface area contributed by atoms with Gasteiger partial charge in [0.15, 0.2) is 0 Å². The molecule has 2 N–H and O–H groups in total. The van der Waals surface area contributed by atoms with E-state index < -0.39 is 5.91 Å². The van der Waals surface area contributed by atoms with Gasteiger partial charge < -0.3 is 15.2 Å². The number of pyridine rings is 1. The Hall–Kier alpha value is -1.99. The van der Waals surface area contributed by atoms with Gasteiger partial charge in [0.25, 0.3) is 11.7 Å². The number of hydrogen-bond acceptors (Lipinski definition) is 6. The molecular formula is C13H14ClN5O2. The second-order valence-corrected chi connectivity index (χ2v) is 5.21. The molecule has 0 aromatic carbocycles. The topological polar surface area (TPSA) is 92.9 Å². The van der Waals surface area contributed by atoms with E-state index in [4.69, 9.17) is 16.1 Å². The minimum Gasteiger partial charge on any atom is -0.337 e. The fourth-order valence-electron chi connectivity index (χ4n) is 2.21. The van der Waals surface area contributed by atoms with Gasteiger partial charge >= 0.3 is 0 Å². The molecule has 2 aromatic heterocycles. The molecule has 3 heterocycles. The average molecular weight is 308 g/mol. The smallest absolute Gasteiger partial charge is 0.297 e. The standard InChI is InChI=1S/C13H14ClN5O2/c1-7-8(4-5-10(14)16-7)17-12(20)11-18-13(21-19-11)9-3-2-6-15-9/h4-5,9,15H,2-3,6H2,1H3,(H,17,20). The average Bonchev–Trinajstić information content (AvgIpc) is 3.10. The number of carbonyl (C=O) groups is 1. The number of nitrogens with zero attached hydrogens (tertiary/aromatic N) is 3. The monoisotopic (exact) mass is 307 g/mol. The van der Waals surface area contributed by atoms with Gasteiger partial charge in [-0.1, -0.05) is 16.8 Å². The number of aryl methyl sites for hydroxylation is 1. The van der Waals surface area contributed by atoms with Gasteiger partial charge in [0.1, 0.15) is 5.15 Å². The van der Waals surface area contributed by atoms with Crippen LogP contribution >= 0.6 is 11.6 Å². The number of amides is 1. The number of rotatable bonds is 3. The van der Waals surface area contributed by atoms with Gasteiger partial charge in [0.2, 0.25) is 5.89 Å². The summed E-state index contributed by atoms with van der Waals surface area (Å²) in [4.78, 5) is 20.3. The number of nitrogens with one attached hydrogen (secondary N) is 2. The van der Waals surface area contributed by atoms with Gasteiger partial charge in [0.05, 0.1) is 17.4 Å². The predicted molar refractivity (Wildman–Crippen MR) is 76.2 cm³/mol. The molecule has 110 valence electrons. The molecular weight excluding hydrogens is 294 g/mol. The molecule has 0 radical (unpaired) electrons. The molecule has 8 heteroatoms. The van der Waals surface area contributed by atoms with Crippen LogP contribution in [0.2, 0.25) is 5.15 Å². The van der Waals surface area contributed by atoms with E-state index in [9.17, 15) is 4.79 Å². The van der Waals surface area contributed by atoms with E-state index in [-0.39, 0.29) is 11.9 Å². The van der Waals surface area contributed by atoms with Crippen molar-refractivity contribution in [3.05, 3.63) is 34.7 Å². The van der Waals surface area contributed by atoms with Gasteiger partial charge in [-0.15, -0.1) is 0 Å². The molecule has 0 saturated carbocycles. The first-order valence-electron chi connectivity index (χ1n) is 6.65. The van der Waals surface area contributed by atoms with E-state index in [1.54, 1.807) is 19.1 Å². The maximum Gasteiger partial charge on any atom is 0.297 e. The highest BCUT2D eigenvalue weighted by molar-refractivity contribution is 6.29. The summed E-state index contributed by atoms with van der Waals surface area (Å²) in [6.45, 7) is 2.68. The summed E-state index contributed by atoms with van der Waals surface area (Å²) >= 11 is 5.78. The van der Waals surface area contributed by atoms with Crippen molar-refractivity contribution in [1.29, 1.82) is 0 Å². The molecule has 21 heavy (non-hydrogen) atoms. The van der Waals surface area contributed by atoms with Crippen molar-refractivity contribution in [2.45, 2.75) is 25.8 Å². The van der Waals surface area contributed by atoms with Crippen molar-refractivity contribution in [2.24, 2.45) is 0 Å². The molecule has 2 aromatic rings. The highest BCUT2D eigenvalue weighted by Crippen LogP contribution is 2.21. The van der Waals surface area contributed by atoms with Crippen LogP contribution in [-0.2, 0) is 0 Å². The fourth-order valence-corrected chi connectivity index (χ4v) is 2.39. The van der Waals surface area contributed by atoms with E-state index in [0.29, 0.717) is 22.4 Å². The molecule has 1 amide bonds. The Labute approximate surface area is 126 Å². The Morgan fingerprint density at radius 1 is 1.48 bits per heavy atom. The van der Waals surface area contributed by atoms with Crippen molar-refractivity contribution in [2.75, 3.05) is 11.9 Å². The van der Waals surface area contributed by atoms with E-state index >= 15 is 0 Å². The van der Waals surface area contributed by atoms with Crippen LogP contribution in [0, 0.1) is 6.92 Å². The summed E-state index contributed by atoms with van der Waals surface area (Å²) in [5.41, 5.74) is 1.19. The summed E-state index contributed by atoms with van der Waals surface area (Å²) < 4.78 is 5.14. The van der Waals surface area contributed by atoms with Crippen LogP contribution in [0.3, 0.4) is 0 Å². The molecule has 1 atom stereocenters. The molecule has 1 unspecified atom stereocenters. The maximum atomic E-state index is 12.1. The quantitative estimate of drug-likeness (QED) is 0.844. The third kappa shape index (κ3) is 3.03. The Morgan fingerprint density at radius 3 is 3.05 bits per heavy atom. The third-order valence-electron chi connectivity index (χ3n) is 3.30. The number of hydrogen-bond donors (Lipinski definition) is 2. The Kier molecular flexibility index (Phi) is 3.85. The number of aromatic nitrogens is 3. The number of carbonyl (C=O) groups excluding carboxylic acids is 1. The molecule has 1 aliphatic heterocycles. The molecule has 0 bridgehead atoms. The largest absolute Gasteiger partial charge is 0.337 e. The van der Waals surface area contributed by atoms with Crippen molar-refractivity contribution >= 4 is 23.2 Å². The molecule has 1 aliphatic rings. The van der Waals surface area contributed by atoms with Crippen LogP contribution in [0.25, 0.3) is 0 Å². The molecule has 7 nitrogen and oxygen atoms in total. The number of halogens is 1. The summed E-state index contributed by atoms with van der Waals surface area (Å²) in [6, 6.07) is 3.33. The van der Waals surface area contributed by atoms with E-state index in [2.05, 4.69) is 25.8 Å². The lowest BCUT2D eigenvalue weighted by molar-refractivity contribution is 0.101. The highest BCUT2D eigenvalue weighted by Gasteiger charge is 2.24. The normalized spacial score (nSPS) is 17.9. The Bertz CT molecular complexity index is 666. The van der Waals surface area contributed by atoms with Crippen molar-refractivity contribution in [3.8, 4) is 0 Å².